The van der Waals surface area contributed by atoms with Crippen molar-refractivity contribution in [1.29, 1.82) is 0 Å². The molecule has 1 unspecified atom stereocenters. The van der Waals surface area contributed by atoms with Crippen molar-refractivity contribution in [3.63, 3.8) is 0 Å². The zero-order valence-electron chi connectivity index (χ0n) is 8.24. The Morgan fingerprint density at radius 2 is 2.36 bits per heavy atom. The highest BCUT2D eigenvalue weighted by Gasteiger charge is 2.26. The SMILES string of the molecule is CC(Br)C(C)(C)NC(=O)c1csnn1. The van der Waals surface area contributed by atoms with Gasteiger partial charge in [0.25, 0.3) is 5.91 Å². The maximum atomic E-state index is 11.6. The Labute approximate surface area is 95.4 Å². The van der Waals surface area contributed by atoms with E-state index in [1.54, 1.807) is 5.38 Å². The number of aromatic nitrogens is 2. The van der Waals surface area contributed by atoms with E-state index in [0.29, 0.717) is 5.69 Å². The molecule has 0 fully saturated rings. The summed E-state index contributed by atoms with van der Waals surface area (Å²) in [6, 6.07) is 0. The number of alkyl halides is 1. The summed E-state index contributed by atoms with van der Waals surface area (Å²) in [6.07, 6.45) is 0. The van der Waals surface area contributed by atoms with Gasteiger partial charge in [-0.15, -0.1) is 5.10 Å². The van der Waals surface area contributed by atoms with Gasteiger partial charge in [-0.3, -0.25) is 4.79 Å². The number of carbonyl (C=O) groups excluding carboxylic acids is 1. The number of halogens is 1. The van der Waals surface area contributed by atoms with Crippen molar-refractivity contribution in [1.82, 2.24) is 14.9 Å². The molecule has 1 rings (SSSR count). The second-order valence-electron chi connectivity index (χ2n) is 3.58. The van der Waals surface area contributed by atoms with E-state index in [4.69, 9.17) is 0 Å². The van der Waals surface area contributed by atoms with Gasteiger partial charge in [-0.25, -0.2) is 0 Å². The molecule has 4 nitrogen and oxygen atoms in total. The third kappa shape index (κ3) is 2.75. The summed E-state index contributed by atoms with van der Waals surface area (Å²) in [6.45, 7) is 5.88. The fourth-order valence-electron chi connectivity index (χ4n) is 0.720. The Morgan fingerprint density at radius 3 is 2.79 bits per heavy atom. The zero-order chi connectivity index (χ0) is 10.8. The predicted octanol–water partition coefficient (Wildman–Crippen LogP) is 1.83. The van der Waals surface area contributed by atoms with Gasteiger partial charge >= 0.3 is 0 Å². The van der Waals surface area contributed by atoms with E-state index < -0.39 is 0 Å². The first kappa shape index (κ1) is 11.6. The van der Waals surface area contributed by atoms with Gasteiger partial charge in [0, 0.05) is 15.7 Å². The molecule has 1 N–H and O–H groups in total. The van der Waals surface area contributed by atoms with E-state index in [1.807, 2.05) is 20.8 Å². The van der Waals surface area contributed by atoms with Crippen LogP contribution in [-0.4, -0.2) is 25.9 Å². The molecule has 0 radical (unpaired) electrons. The number of hydrogen-bond acceptors (Lipinski definition) is 4. The third-order valence-electron chi connectivity index (χ3n) is 2.02. The van der Waals surface area contributed by atoms with Crippen LogP contribution in [-0.2, 0) is 0 Å². The second-order valence-corrected chi connectivity index (χ2v) is 5.57. The molecule has 0 aliphatic carbocycles. The summed E-state index contributed by atoms with van der Waals surface area (Å²) < 4.78 is 3.64. The van der Waals surface area contributed by atoms with Crippen LogP contribution in [0.1, 0.15) is 31.3 Å². The van der Waals surface area contributed by atoms with Crippen LogP contribution < -0.4 is 5.32 Å². The molecule has 1 aromatic rings. The molecule has 1 atom stereocenters. The van der Waals surface area contributed by atoms with Gasteiger partial charge in [0.1, 0.15) is 0 Å². The lowest BCUT2D eigenvalue weighted by Gasteiger charge is -2.28. The van der Waals surface area contributed by atoms with Crippen molar-refractivity contribution in [2.75, 3.05) is 0 Å². The molecule has 0 saturated carbocycles. The number of hydrogen-bond donors (Lipinski definition) is 1. The van der Waals surface area contributed by atoms with Crippen LogP contribution in [0.25, 0.3) is 0 Å². The van der Waals surface area contributed by atoms with Gasteiger partial charge < -0.3 is 5.32 Å². The number of rotatable bonds is 3. The molecule has 1 aromatic heterocycles. The van der Waals surface area contributed by atoms with Gasteiger partial charge in [-0.1, -0.05) is 27.3 Å². The second kappa shape index (κ2) is 4.35. The summed E-state index contributed by atoms with van der Waals surface area (Å²) in [5.74, 6) is -0.185. The number of nitrogens with one attached hydrogen (secondary N) is 1. The Kier molecular flexibility index (Phi) is 3.60. The van der Waals surface area contributed by atoms with E-state index in [9.17, 15) is 4.79 Å². The zero-order valence-corrected chi connectivity index (χ0v) is 10.6. The Bertz CT molecular complexity index is 310. The molecule has 1 heterocycles. The first-order valence-corrected chi connectivity index (χ1v) is 5.92. The van der Waals surface area contributed by atoms with Gasteiger partial charge in [0.2, 0.25) is 0 Å². The van der Waals surface area contributed by atoms with Gasteiger partial charge in [-0.05, 0) is 25.4 Å². The summed E-state index contributed by atoms with van der Waals surface area (Å²) >= 11 is 4.61. The number of nitrogens with zero attached hydrogens (tertiary/aromatic N) is 2. The average Bonchev–Trinajstić information content (AvgIpc) is 2.54. The minimum absolute atomic E-state index is 0.185. The predicted molar refractivity (Wildman–Crippen MR) is 59.8 cm³/mol. The quantitative estimate of drug-likeness (QED) is 0.858. The Morgan fingerprint density at radius 1 is 1.71 bits per heavy atom. The molecule has 0 aliphatic heterocycles. The van der Waals surface area contributed by atoms with E-state index in [2.05, 4.69) is 30.8 Å². The first-order chi connectivity index (χ1) is 6.43. The maximum Gasteiger partial charge on any atom is 0.273 e. The molecule has 78 valence electrons. The average molecular weight is 278 g/mol. The maximum absolute atomic E-state index is 11.6. The molecule has 0 aromatic carbocycles. The summed E-state index contributed by atoms with van der Waals surface area (Å²) in [5.41, 5.74) is 0.0666. The lowest BCUT2D eigenvalue weighted by molar-refractivity contribution is 0.0908. The molecule has 0 bridgehead atoms. The summed E-state index contributed by atoms with van der Waals surface area (Å²) in [5, 5.41) is 8.21. The third-order valence-corrected chi connectivity index (χ3v) is 3.67. The largest absolute Gasteiger partial charge is 0.345 e. The summed E-state index contributed by atoms with van der Waals surface area (Å²) in [7, 11) is 0. The highest BCUT2D eigenvalue weighted by Crippen LogP contribution is 2.17. The van der Waals surface area contributed by atoms with Crippen LogP contribution in [0.3, 0.4) is 0 Å². The molecular weight excluding hydrogens is 266 g/mol. The number of amides is 1. The highest BCUT2D eigenvalue weighted by atomic mass is 79.9. The smallest absolute Gasteiger partial charge is 0.273 e. The van der Waals surface area contributed by atoms with Crippen LogP contribution in [0, 0.1) is 0 Å². The lowest BCUT2D eigenvalue weighted by Crippen LogP contribution is -2.48. The van der Waals surface area contributed by atoms with Crippen LogP contribution in [0.4, 0.5) is 0 Å². The van der Waals surface area contributed by atoms with Crippen molar-refractivity contribution >= 4 is 33.4 Å². The van der Waals surface area contributed by atoms with Gasteiger partial charge in [0.15, 0.2) is 5.69 Å². The van der Waals surface area contributed by atoms with Crippen molar-refractivity contribution in [3.8, 4) is 0 Å². The van der Waals surface area contributed by atoms with E-state index in [1.165, 1.54) is 11.5 Å². The van der Waals surface area contributed by atoms with Gasteiger partial charge in [-0.2, -0.15) is 0 Å². The molecular formula is C8H12BrN3OS. The van der Waals surface area contributed by atoms with E-state index >= 15 is 0 Å². The molecule has 6 heteroatoms. The minimum Gasteiger partial charge on any atom is -0.345 e. The Balaban J connectivity index is 2.66. The van der Waals surface area contributed by atoms with Crippen LogP contribution in [0.15, 0.2) is 5.38 Å². The first-order valence-electron chi connectivity index (χ1n) is 4.17. The lowest BCUT2D eigenvalue weighted by atomic mass is 10.0. The molecule has 0 saturated heterocycles. The highest BCUT2D eigenvalue weighted by molar-refractivity contribution is 9.09. The summed E-state index contributed by atoms with van der Waals surface area (Å²) in [4.78, 5) is 11.8. The van der Waals surface area contributed by atoms with Crippen LogP contribution in [0.2, 0.25) is 0 Å². The topological polar surface area (TPSA) is 54.9 Å². The fraction of sp³-hybridized carbons (Fsp3) is 0.625. The molecule has 0 aliphatic rings. The monoisotopic (exact) mass is 277 g/mol. The molecule has 1 amide bonds. The van der Waals surface area contributed by atoms with Crippen molar-refractivity contribution < 1.29 is 4.79 Å². The van der Waals surface area contributed by atoms with Crippen molar-refractivity contribution in [2.45, 2.75) is 31.1 Å². The standard InChI is InChI=1S/C8H12BrN3OS/c1-5(9)8(2,3)10-7(13)6-4-14-12-11-6/h4-5H,1-3H3,(H,10,13). The van der Waals surface area contributed by atoms with Crippen LogP contribution >= 0.6 is 27.5 Å². The molecule has 14 heavy (non-hydrogen) atoms. The van der Waals surface area contributed by atoms with Crippen molar-refractivity contribution in [2.24, 2.45) is 0 Å². The molecule has 0 spiro atoms. The normalized spacial score (nSPS) is 13.7. The van der Waals surface area contributed by atoms with E-state index in [-0.39, 0.29) is 16.3 Å². The van der Waals surface area contributed by atoms with Gasteiger partial charge in [0.05, 0.1) is 0 Å². The van der Waals surface area contributed by atoms with Crippen molar-refractivity contribution in [3.05, 3.63) is 11.1 Å². The van der Waals surface area contributed by atoms with Crippen LogP contribution in [0.5, 0.6) is 0 Å². The number of carbonyl (C=O) groups is 1. The van der Waals surface area contributed by atoms with E-state index in [0.717, 1.165) is 0 Å². The Hall–Kier alpha value is -0.490. The minimum atomic E-state index is -0.305. The fourth-order valence-corrected chi connectivity index (χ4v) is 1.27.